The van der Waals surface area contributed by atoms with Gasteiger partial charge in [-0.2, -0.15) is 0 Å². The first-order valence-corrected chi connectivity index (χ1v) is 8.04. The lowest BCUT2D eigenvalue weighted by atomic mass is 10.1. The standard InChI is InChI=1S/C18H22BrNO/c1-13(2)20-11-15-5-4-6-16(10-15)12-21-17-7-8-18(19)14(3)9-17/h4-10,13,20H,11-12H2,1-3H3. The van der Waals surface area contributed by atoms with E-state index < -0.39 is 0 Å². The molecule has 0 atom stereocenters. The van der Waals surface area contributed by atoms with Crippen LogP contribution in [0.1, 0.15) is 30.5 Å². The predicted octanol–water partition coefficient (Wildman–Crippen LogP) is 4.83. The molecule has 2 aromatic rings. The van der Waals surface area contributed by atoms with Crippen LogP contribution in [0.5, 0.6) is 5.75 Å². The molecule has 0 saturated carbocycles. The molecule has 0 unspecified atom stereocenters. The first-order valence-electron chi connectivity index (χ1n) is 7.25. The van der Waals surface area contributed by atoms with Gasteiger partial charge in [0.2, 0.25) is 0 Å². The van der Waals surface area contributed by atoms with Crippen molar-refractivity contribution in [1.82, 2.24) is 5.32 Å². The minimum Gasteiger partial charge on any atom is -0.489 e. The summed E-state index contributed by atoms with van der Waals surface area (Å²) in [5.41, 5.74) is 3.66. The van der Waals surface area contributed by atoms with E-state index in [9.17, 15) is 0 Å². The van der Waals surface area contributed by atoms with Crippen LogP contribution in [0.4, 0.5) is 0 Å². The molecule has 0 aliphatic heterocycles. The van der Waals surface area contributed by atoms with Gasteiger partial charge in [0.15, 0.2) is 0 Å². The van der Waals surface area contributed by atoms with Crippen LogP contribution < -0.4 is 10.1 Å². The average Bonchev–Trinajstić information content (AvgIpc) is 2.47. The maximum absolute atomic E-state index is 5.87. The summed E-state index contributed by atoms with van der Waals surface area (Å²) >= 11 is 3.50. The van der Waals surface area contributed by atoms with Crippen molar-refractivity contribution < 1.29 is 4.74 Å². The third-order valence-corrected chi connectivity index (χ3v) is 4.13. The molecule has 1 N–H and O–H groups in total. The second kappa shape index (κ2) is 7.62. The molecular formula is C18H22BrNO. The number of hydrogen-bond donors (Lipinski definition) is 1. The van der Waals surface area contributed by atoms with E-state index in [1.54, 1.807) is 0 Å². The fourth-order valence-electron chi connectivity index (χ4n) is 2.03. The van der Waals surface area contributed by atoms with Crippen molar-refractivity contribution in [1.29, 1.82) is 0 Å². The van der Waals surface area contributed by atoms with E-state index in [2.05, 4.69) is 66.3 Å². The van der Waals surface area contributed by atoms with E-state index in [-0.39, 0.29) is 0 Å². The first kappa shape index (κ1) is 16.1. The molecule has 0 amide bonds. The summed E-state index contributed by atoms with van der Waals surface area (Å²) in [6.07, 6.45) is 0. The monoisotopic (exact) mass is 347 g/mol. The quantitative estimate of drug-likeness (QED) is 0.807. The molecule has 0 bridgehead atoms. The largest absolute Gasteiger partial charge is 0.489 e. The van der Waals surface area contributed by atoms with Crippen LogP contribution in [0, 0.1) is 6.92 Å². The summed E-state index contributed by atoms with van der Waals surface area (Å²) in [5, 5.41) is 3.43. The zero-order valence-electron chi connectivity index (χ0n) is 12.8. The highest BCUT2D eigenvalue weighted by Gasteiger charge is 2.01. The van der Waals surface area contributed by atoms with E-state index >= 15 is 0 Å². The maximum atomic E-state index is 5.87. The van der Waals surface area contributed by atoms with E-state index in [4.69, 9.17) is 4.74 Å². The number of rotatable bonds is 6. The molecule has 0 spiro atoms. The Balaban J connectivity index is 1.96. The Morgan fingerprint density at radius 2 is 1.86 bits per heavy atom. The van der Waals surface area contributed by atoms with Crippen LogP contribution in [-0.2, 0) is 13.2 Å². The molecule has 0 radical (unpaired) electrons. The Hall–Kier alpha value is -1.32. The van der Waals surface area contributed by atoms with E-state index in [1.807, 2.05) is 18.2 Å². The molecule has 0 aliphatic carbocycles. The fraction of sp³-hybridized carbons (Fsp3) is 0.333. The molecule has 3 heteroatoms. The topological polar surface area (TPSA) is 21.3 Å². The summed E-state index contributed by atoms with van der Waals surface area (Å²) in [4.78, 5) is 0. The maximum Gasteiger partial charge on any atom is 0.120 e. The lowest BCUT2D eigenvalue weighted by Gasteiger charge is -2.11. The average molecular weight is 348 g/mol. The number of hydrogen-bond acceptors (Lipinski definition) is 2. The molecule has 0 fully saturated rings. The van der Waals surface area contributed by atoms with Gasteiger partial charge in [0.05, 0.1) is 0 Å². The van der Waals surface area contributed by atoms with Crippen LogP contribution in [0.25, 0.3) is 0 Å². The second-order valence-corrected chi connectivity index (χ2v) is 6.41. The van der Waals surface area contributed by atoms with Crippen molar-refractivity contribution in [3.05, 3.63) is 63.6 Å². The molecular weight excluding hydrogens is 326 g/mol. The lowest BCUT2D eigenvalue weighted by molar-refractivity contribution is 0.306. The molecule has 21 heavy (non-hydrogen) atoms. The number of aryl methyl sites for hydroxylation is 1. The van der Waals surface area contributed by atoms with Crippen LogP contribution in [-0.4, -0.2) is 6.04 Å². The first-order chi connectivity index (χ1) is 10.0. The van der Waals surface area contributed by atoms with Crippen molar-refractivity contribution in [2.45, 2.75) is 40.0 Å². The van der Waals surface area contributed by atoms with E-state index in [0.717, 1.165) is 16.8 Å². The fourth-order valence-corrected chi connectivity index (χ4v) is 2.27. The number of benzene rings is 2. The van der Waals surface area contributed by atoms with Gasteiger partial charge in [-0.05, 0) is 41.8 Å². The lowest BCUT2D eigenvalue weighted by Crippen LogP contribution is -2.21. The van der Waals surface area contributed by atoms with Crippen molar-refractivity contribution in [3.8, 4) is 5.75 Å². The van der Waals surface area contributed by atoms with Crippen LogP contribution in [0.15, 0.2) is 46.9 Å². The summed E-state index contributed by atoms with van der Waals surface area (Å²) in [6.45, 7) is 7.86. The minimum atomic E-state index is 0.496. The normalized spacial score (nSPS) is 10.9. The molecule has 0 saturated heterocycles. The Bertz CT molecular complexity index is 596. The Morgan fingerprint density at radius 1 is 1.10 bits per heavy atom. The molecule has 0 aromatic heterocycles. The Kier molecular flexibility index (Phi) is 5.83. The highest BCUT2D eigenvalue weighted by Crippen LogP contribution is 2.22. The number of halogens is 1. The van der Waals surface area contributed by atoms with Gasteiger partial charge in [-0.1, -0.05) is 54.0 Å². The molecule has 0 aliphatic rings. The second-order valence-electron chi connectivity index (χ2n) is 5.56. The minimum absolute atomic E-state index is 0.496. The highest BCUT2D eigenvalue weighted by molar-refractivity contribution is 9.10. The van der Waals surface area contributed by atoms with Gasteiger partial charge < -0.3 is 10.1 Å². The smallest absolute Gasteiger partial charge is 0.120 e. The van der Waals surface area contributed by atoms with Gasteiger partial charge in [0.25, 0.3) is 0 Å². The molecule has 0 heterocycles. The van der Waals surface area contributed by atoms with Crippen molar-refractivity contribution in [3.63, 3.8) is 0 Å². The highest BCUT2D eigenvalue weighted by atomic mass is 79.9. The third-order valence-electron chi connectivity index (χ3n) is 3.24. The molecule has 2 rings (SSSR count). The van der Waals surface area contributed by atoms with Gasteiger partial charge in [0.1, 0.15) is 12.4 Å². The van der Waals surface area contributed by atoms with Gasteiger partial charge >= 0.3 is 0 Å². The van der Waals surface area contributed by atoms with Gasteiger partial charge in [-0.15, -0.1) is 0 Å². The van der Waals surface area contributed by atoms with Crippen molar-refractivity contribution in [2.24, 2.45) is 0 Å². The number of ether oxygens (including phenoxy) is 1. The van der Waals surface area contributed by atoms with Crippen molar-refractivity contribution in [2.75, 3.05) is 0 Å². The Morgan fingerprint density at radius 3 is 2.57 bits per heavy atom. The van der Waals surface area contributed by atoms with Crippen LogP contribution >= 0.6 is 15.9 Å². The Labute approximate surface area is 135 Å². The molecule has 112 valence electrons. The van der Waals surface area contributed by atoms with Crippen molar-refractivity contribution >= 4 is 15.9 Å². The van der Waals surface area contributed by atoms with Crippen LogP contribution in [0.3, 0.4) is 0 Å². The zero-order chi connectivity index (χ0) is 15.2. The predicted molar refractivity (Wildman–Crippen MR) is 91.6 cm³/mol. The summed E-state index contributed by atoms with van der Waals surface area (Å²) < 4.78 is 6.98. The van der Waals surface area contributed by atoms with Gasteiger partial charge in [-0.3, -0.25) is 0 Å². The molecule has 2 nitrogen and oxygen atoms in total. The third kappa shape index (κ3) is 5.18. The molecule has 2 aromatic carbocycles. The number of nitrogens with one attached hydrogen (secondary N) is 1. The SMILES string of the molecule is Cc1cc(OCc2cccc(CNC(C)C)c2)ccc1Br. The summed E-state index contributed by atoms with van der Waals surface area (Å²) in [7, 11) is 0. The van der Waals surface area contributed by atoms with E-state index in [1.165, 1.54) is 16.7 Å². The van der Waals surface area contributed by atoms with Gasteiger partial charge in [0, 0.05) is 17.1 Å². The summed E-state index contributed by atoms with van der Waals surface area (Å²) in [6, 6.07) is 15.1. The van der Waals surface area contributed by atoms with E-state index in [0.29, 0.717) is 12.6 Å². The summed E-state index contributed by atoms with van der Waals surface area (Å²) in [5.74, 6) is 0.904. The van der Waals surface area contributed by atoms with Gasteiger partial charge in [-0.25, -0.2) is 0 Å². The zero-order valence-corrected chi connectivity index (χ0v) is 14.4. The van der Waals surface area contributed by atoms with Crippen LogP contribution in [0.2, 0.25) is 0 Å².